The van der Waals surface area contributed by atoms with Crippen LogP contribution in [0.15, 0.2) is 36.4 Å². The standard InChI is InChI=1S/C20H26ClFN2O2/c1-24(2)10-4-9-23-13-16-11-18(21)20(19(12-16)25-3)26-14-15-5-7-17(22)8-6-15/h5-8,11-12,23H,4,9-10,13-14H2,1-3H3. The third kappa shape index (κ3) is 6.48. The average molecular weight is 381 g/mol. The molecule has 0 saturated heterocycles. The van der Waals surface area contributed by atoms with Crippen LogP contribution in [0.4, 0.5) is 4.39 Å². The van der Waals surface area contributed by atoms with Gasteiger partial charge in [0.15, 0.2) is 11.5 Å². The highest BCUT2D eigenvalue weighted by atomic mass is 35.5. The van der Waals surface area contributed by atoms with E-state index in [2.05, 4.69) is 24.3 Å². The summed E-state index contributed by atoms with van der Waals surface area (Å²) in [6.07, 6.45) is 1.08. The molecule has 0 heterocycles. The molecule has 0 atom stereocenters. The first kappa shape index (κ1) is 20.5. The van der Waals surface area contributed by atoms with E-state index in [0.29, 0.717) is 29.7 Å². The van der Waals surface area contributed by atoms with Crippen LogP contribution in [-0.2, 0) is 13.2 Å². The molecule has 2 aromatic carbocycles. The third-order valence-electron chi connectivity index (χ3n) is 3.87. The van der Waals surface area contributed by atoms with Crippen molar-refractivity contribution in [3.05, 3.63) is 58.4 Å². The summed E-state index contributed by atoms with van der Waals surface area (Å²) in [5, 5.41) is 3.90. The summed E-state index contributed by atoms with van der Waals surface area (Å²) < 4.78 is 24.2. The first-order chi connectivity index (χ1) is 12.5. The van der Waals surface area contributed by atoms with Crippen molar-refractivity contribution >= 4 is 11.6 Å². The van der Waals surface area contributed by atoms with Gasteiger partial charge >= 0.3 is 0 Å². The summed E-state index contributed by atoms with van der Waals surface area (Å²) >= 11 is 6.39. The van der Waals surface area contributed by atoms with Gasteiger partial charge in [0.25, 0.3) is 0 Å². The van der Waals surface area contributed by atoms with Gasteiger partial charge < -0.3 is 19.7 Å². The minimum atomic E-state index is -0.271. The molecule has 0 radical (unpaired) electrons. The predicted molar refractivity (Wildman–Crippen MR) is 104 cm³/mol. The molecule has 0 saturated carbocycles. The van der Waals surface area contributed by atoms with E-state index >= 15 is 0 Å². The second kappa shape index (κ2) is 10.4. The smallest absolute Gasteiger partial charge is 0.180 e. The lowest BCUT2D eigenvalue weighted by Gasteiger charge is -2.15. The van der Waals surface area contributed by atoms with E-state index in [1.165, 1.54) is 12.1 Å². The maximum atomic E-state index is 13.0. The van der Waals surface area contributed by atoms with Crippen LogP contribution in [0.1, 0.15) is 17.5 Å². The zero-order valence-corrected chi connectivity index (χ0v) is 16.3. The zero-order valence-electron chi connectivity index (χ0n) is 15.5. The molecular weight excluding hydrogens is 355 g/mol. The van der Waals surface area contributed by atoms with Crippen LogP contribution < -0.4 is 14.8 Å². The molecule has 2 aromatic rings. The third-order valence-corrected chi connectivity index (χ3v) is 4.15. The fraction of sp³-hybridized carbons (Fsp3) is 0.400. The monoisotopic (exact) mass is 380 g/mol. The van der Waals surface area contributed by atoms with Crippen LogP contribution in [0.5, 0.6) is 11.5 Å². The fourth-order valence-corrected chi connectivity index (χ4v) is 2.79. The van der Waals surface area contributed by atoms with E-state index in [9.17, 15) is 4.39 Å². The Kier molecular flexibility index (Phi) is 8.16. The van der Waals surface area contributed by atoms with Gasteiger partial charge in [-0.05, 0) is 69.0 Å². The number of rotatable bonds is 10. The van der Waals surface area contributed by atoms with Crippen LogP contribution in [0.25, 0.3) is 0 Å². The Morgan fingerprint density at radius 1 is 1.12 bits per heavy atom. The van der Waals surface area contributed by atoms with Crippen LogP contribution in [0.3, 0.4) is 0 Å². The molecule has 0 aliphatic heterocycles. The molecule has 142 valence electrons. The van der Waals surface area contributed by atoms with Crippen molar-refractivity contribution in [3.8, 4) is 11.5 Å². The van der Waals surface area contributed by atoms with Crippen molar-refractivity contribution in [3.63, 3.8) is 0 Å². The minimum absolute atomic E-state index is 0.271. The SMILES string of the molecule is COc1cc(CNCCCN(C)C)cc(Cl)c1OCc1ccc(F)cc1. The lowest BCUT2D eigenvalue weighted by atomic mass is 10.2. The number of hydrogen-bond donors (Lipinski definition) is 1. The molecule has 4 nitrogen and oxygen atoms in total. The van der Waals surface area contributed by atoms with Crippen LogP contribution >= 0.6 is 11.6 Å². The predicted octanol–water partition coefficient (Wildman–Crippen LogP) is 4.11. The Labute approximate surface area is 159 Å². The summed E-state index contributed by atoms with van der Waals surface area (Å²) in [5.41, 5.74) is 1.89. The lowest BCUT2D eigenvalue weighted by molar-refractivity contribution is 0.284. The summed E-state index contributed by atoms with van der Waals surface area (Å²) in [6.45, 7) is 2.98. The number of benzene rings is 2. The maximum Gasteiger partial charge on any atom is 0.180 e. The van der Waals surface area contributed by atoms with Crippen molar-refractivity contribution in [1.82, 2.24) is 10.2 Å². The van der Waals surface area contributed by atoms with E-state index in [0.717, 1.165) is 30.6 Å². The summed E-state index contributed by atoms with van der Waals surface area (Å²) in [6, 6.07) is 9.97. The number of ether oxygens (including phenoxy) is 2. The van der Waals surface area contributed by atoms with Gasteiger partial charge in [0.2, 0.25) is 0 Å². The molecule has 0 aliphatic carbocycles. The second-order valence-electron chi connectivity index (χ2n) is 6.36. The number of halogens is 2. The molecule has 0 aromatic heterocycles. The van der Waals surface area contributed by atoms with E-state index in [-0.39, 0.29) is 5.82 Å². The average Bonchev–Trinajstić information content (AvgIpc) is 2.61. The van der Waals surface area contributed by atoms with Crippen molar-refractivity contribution in [1.29, 1.82) is 0 Å². The Balaban J connectivity index is 1.96. The molecule has 0 aliphatic rings. The Morgan fingerprint density at radius 2 is 1.85 bits per heavy atom. The fourth-order valence-electron chi connectivity index (χ4n) is 2.50. The molecule has 0 amide bonds. The molecule has 1 N–H and O–H groups in total. The van der Waals surface area contributed by atoms with Crippen LogP contribution in [0.2, 0.25) is 5.02 Å². The molecule has 2 rings (SSSR count). The minimum Gasteiger partial charge on any atom is -0.493 e. The normalized spacial score (nSPS) is 11.0. The summed E-state index contributed by atoms with van der Waals surface area (Å²) in [4.78, 5) is 2.16. The van der Waals surface area contributed by atoms with Gasteiger partial charge in [0.05, 0.1) is 12.1 Å². The van der Waals surface area contributed by atoms with Gasteiger partial charge in [-0.3, -0.25) is 0 Å². The highest BCUT2D eigenvalue weighted by Crippen LogP contribution is 2.37. The molecule has 0 bridgehead atoms. The summed E-state index contributed by atoms with van der Waals surface area (Å²) in [5.74, 6) is 0.811. The van der Waals surface area contributed by atoms with Crippen LogP contribution in [-0.4, -0.2) is 39.2 Å². The number of hydrogen-bond acceptors (Lipinski definition) is 4. The quantitative estimate of drug-likeness (QED) is 0.629. The number of nitrogens with one attached hydrogen (secondary N) is 1. The van der Waals surface area contributed by atoms with Gasteiger partial charge in [-0.2, -0.15) is 0 Å². The van der Waals surface area contributed by atoms with E-state index in [1.807, 2.05) is 12.1 Å². The highest BCUT2D eigenvalue weighted by molar-refractivity contribution is 6.32. The molecule has 0 unspecified atom stereocenters. The van der Waals surface area contributed by atoms with Crippen molar-refractivity contribution in [2.75, 3.05) is 34.3 Å². The van der Waals surface area contributed by atoms with Gasteiger partial charge in [0.1, 0.15) is 12.4 Å². The largest absolute Gasteiger partial charge is 0.493 e. The maximum absolute atomic E-state index is 13.0. The van der Waals surface area contributed by atoms with Gasteiger partial charge in [-0.1, -0.05) is 23.7 Å². The zero-order chi connectivity index (χ0) is 18.9. The molecule has 26 heavy (non-hydrogen) atoms. The number of methoxy groups -OCH3 is 1. The van der Waals surface area contributed by atoms with Gasteiger partial charge in [0, 0.05) is 6.54 Å². The van der Waals surface area contributed by atoms with Crippen molar-refractivity contribution in [2.45, 2.75) is 19.6 Å². The number of nitrogens with zero attached hydrogens (tertiary/aromatic N) is 1. The second-order valence-corrected chi connectivity index (χ2v) is 6.76. The Morgan fingerprint density at radius 3 is 2.50 bits per heavy atom. The molecule has 0 spiro atoms. The Bertz CT molecular complexity index is 693. The molecule has 0 fully saturated rings. The van der Waals surface area contributed by atoms with Gasteiger partial charge in [-0.25, -0.2) is 4.39 Å². The van der Waals surface area contributed by atoms with Crippen molar-refractivity contribution < 1.29 is 13.9 Å². The van der Waals surface area contributed by atoms with E-state index < -0.39 is 0 Å². The highest BCUT2D eigenvalue weighted by Gasteiger charge is 2.12. The molecule has 6 heteroatoms. The lowest BCUT2D eigenvalue weighted by Crippen LogP contribution is -2.21. The van der Waals surface area contributed by atoms with Crippen LogP contribution in [0, 0.1) is 5.82 Å². The Hall–Kier alpha value is -1.82. The summed E-state index contributed by atoms with van der Waals surface area (Å²) in [7, 11) is 5.72. The topological polar surface area (TPSA) is 33.7 Å². The van der Waals surface area contributed by atoms with E-state index in [4.69, 9.17) is 21.1 Å². The molecular formula is C20H26ClFN2O2. The van der Waals surface area contributed by atoms with Gasteiger partial charge in [-0.15, -0.1) is 0 Å². The first-order valence-corrected chi connectivity index (χ1v) is 8.96. The first-order valence-electron chi connectivity index (χ1n) is 8.58. The van der Waals surface area contributed by atoms with E-state index in [1.54, 1.807) is 19.2 Å². The van der Waals surface area contributed by atoms with Crippen molar-refractivity contribution in [2.24, 2.45) is 0 Å².